The third-order valence-electron chi connectivity index (χ3n) is 3.14. The average molecular weight is 360 g/mol. The number of nitrogens with one attached hydrogen (secondary N) is 2. The number of rotatable bonds is 5. The van der Waals surface area contributed by atoms with Gasteiger partial charge < -0.3 is 20.3 Å². The zero-order valence-corrected chi connectivity index (χ0v) is 14.1. The molecule has 0 saturated heterocycles. The lowest BCUT2D eigenvalue weighted by molar-refractivity contribution is 0.0693. The second-order valence-corrected chi connectivity index (χ2v) is 5.31. The normalized spacial score (nSPS) is 9.96. The molecular weight excluding hydrogens is 344 g/mol. The summed E-state index contributed by atoms with van der Waals surface area (Å²) in [5.41, 5.74) is 0.447. The van der Waals surface area contributed by atoms with Crippen molar-refractivity contribution in [1.82, 2.24) is 5.32 Å². The maximum Gasteiger partial charge on any atom is 0.339 e. The zero-order chi connectivity index (χ0) is 18.4. The van der Waals surface area contributed by atoms with E-state index in [4.69, 9.17) is 22.1 Å². The van der Waals surface area contributed by atoms with Crippen molar-refractivity contribution >= 4 is 34.9 Å². The van der Waals surface area contributed by atoms with Crippen molar-refractivity contribution in [3.05, 3.63) is 53.6 Å². The molecule has 2 rings (SSSR count). The summed E-state index contributed by atoms with van der Waals surface area (Å²) in [5.74, 6) is -1.39. The fourth-order valence-corrected chi connectivity index (χ4v) is 2.20. The van der Waals surface area contributed by atoms with E-state index in [-0.39, 0.29) is 16.4 Å². The number of ether oxygens (including phenoxy) is 1. The zero-order valence-electron chi connectivity index (χ0n) is 13.3. The van der Waals surface area contributed by atoms with Gasteiger partial charge in [0.2, 0.25) is 0 Å². The maximum atomic E-state index is 12.1. The summed E-state index contributed by atoms with van der Waals surface area (Å²) in [7, 11) is 0. The molecule has 2 aromatic rings. The first-order chi connectivity index (χ1) is 11.9. The van der Waals surface area contributed by atoms with Crippen molar-refractivity contribution in [2.75, 3.05) is 11.9 Å². The number of carboxylic acids is 1. The summed E-state index contributed by atoms with van der Waals surface area (Å²) in [4.78, 5) is 23.1. The number of aromatic carboxylic acids is 1. The van der Waals surface area contributed by atoms with E-state index in [1.165, 1.54) is 18.2 Å². The number of hydrogen-bond donors (Lipinski definition) is 4. The van der Waals surface area contributed by atoms with Crippen LogP contribution in [0.4, 0.5) is 5.69 Å². The van der Waals surface area contributed by atoms with Gasteiger partial charge in [-0.15, -0.1) is 0 Å². The first kappa shape index (κ1) is 18.2. The van der Waals surface area contributed by atoms with Crippen molar-refractivity contribution in [3.8, 4) is 11.5 Å². The summed E-state index contributed by atoms with van der Waals surface area (Å²) < 4.78 is 5.30. The van der Waals surface area contributed by atoms with Crippen LogP contribution in [0.3, 0.4) is 0 Å². The molecule has 0 fully saturated rings. The van der Waals surface area contributed by atoms with Gasteiger partial charge in [-0.25, -0.2) is 4.79 Å². The molecule has 0 spiro atoms. The minimum atomic E-state index is -1.27. The van der Waals surface area contributed by atoms with Crippen LogP contribution < -0.4 is 15.4 Å². The molecule has 0 radical (unpaired) electrons. The van der Waals surface area contributed by atoms with Gasteiger partial charge in [-0.2, -0.15) is 0 Å². The van der Waals surface area contributed by atoms with Crippen LogP contribution >= 0.6 is 12.2 Å². The lowest BCUT2D eigenvalue weighted by atomic mass is 10.2. The number of carboxylic acid groups (broad SMARTS) is 1. The summed E-state index contributed by atoms with van der Waals surface area (Å²) in [5, 5.41) is 23.6. The fraction of sp³-hybridized carbons (Fsp3) is 0.118. The lowest BCUT2D eigenvalue weighted by Gasteiger charge is -2.11. The Morgan fingerprint density at radius 2 is 1.84 bits per heavy atom. The Morgan fingerprint density at radius 1 is 1.16 bits per heavy atom. The monoisotopic (exact) mass is 360 g/mol. The van der Waals surface area contributed by atoms with E-state index in [1.54, 1.807) is 24.3 Å². The van der Waals surface area contributed by atoms with Gasteiger partial charge in [0.05, 0.1) is 6.61 Å². The Balaban J connectivity index is 2.01. The highest BCUT2D eigenvalue weighted by Gasteiger charge is 2.12. The van der Waals surface area contributed by atoms with Crippen LogP contribution in [0.5, 0.6) is 11.5 Å². The smallest absolute Gasteiger partial charge is 0.339 e. The molecular formula is C17H16N2O5S. The van der Waals surface area contributed by atoms with Gasteiger partial charge in [0.1, 0.15) is 17.1 Å². The predicted molar refractivity (Wildman–Crippen MR) is 96.4 cm³/mol. The van der Waals surface area contributed by atoms with E-state index in [2.05, 4.69) is 10.6 Å². The highest BCUT2D eigenvalue weighted by molar-refractivity contribution is 7.80. The van der Waals surface area contributed by atoms with Gasteiger partial charge in [-0.1, -0.05) is 0 Å². The van der Waals surface area contributed by atoms with Crippen LogP contribution in [0, 0.1) is 0 Å². The first-order valence-electron chi connectivity index (χ1n) is 7.32. The molecule has 0 bridgehead atoms. The third-order valence-corrected chi connectivity index (χ3v) is 3.34. The van der Waals surface area contributed by atoms with Gasteiger partial charge in [0.25, 0.3) is 5.91 Å². The topological polar surface area (TPSA) is 108 Å². The van der Waals surface area contributed by atoms with Crippen molar-refractivity contribution in [2.45, 2.75) is 6.92 Å². The Hall–Kier alpha value is -3.13. The van der Waals surface area contributed by atoms with Crippen molar-refractivity contribution in [2.24, 2.45) is 0 Å². The number of amides is 1. The van der Waals surface area contributed by atoms with E-state index in [0.717, 1.165) is 0 Å². The van der Waals surface area contributed by atoms with Gasteiger partial charge >= 0.3 is 5.97 Å². The number of anilines is 1. The van der Waals surface area contributed by atoms with E-state index in [9.17, 15) is 14.7 Å². The Bertz CT molecular complexity index is 805. The Labute approximate surface area is 149 Å². The summed E-state index contributed by atoms with van der Waals surface area (Å²) >= 11 is 5.04. The van der Waals surface area contributed by atoms with Crippen LogP contribution in [-0.2, 0) is 0 Å². The minimum absolute atomic E-state index is 0.000846. The largest absolute Gasteiger partial charge is 0.507 e. The second-order valence-electron chi connectivity index (χ2n) is 4.90. The predicted octanol–water partition coefficient (Wildman–Crippen LogP) is 2.62. The molecule has 0 aromatic heterocycles. The van der Waals surface area contributed by atoms with Crippen LogP contribution in [0.25, 0.3) is 0 Å². The minimum Gasteiger partial charge on any atom is -0.507 e. The standard InChI is InChI=1S/C17H16N2O5S/c1-2-24-12-6-3-10(4-7-12)15(21)19-17(25)18-11-5-8-14(20)13(9-11)16(22)23/h3-9,20H,2H2,1H3,(H,22,23)(H2,18,19,21,25). The molecule has 0 aliphatic heterocycles. The SMILES string of the molecule is CCOc1ccc(C(=O)NC(=S)Nc2ccc(O)c(C(=O)O)c2)cc1. The second kappa shape index (κ2) is 8.11. The molecule has 0 aliphatic carbocycles. The highest BCUT2D eigenvalue weighted by Crippen LogP contribution is 2.21. The number of aromatic hydroxyl groups is 1. The van der Waals surface area contributed by atoms with Crippen LogP contribution in [0.15, 0.2) is 42.5 Å². The third kappa shape index (κ3) is 4.92. The Morgan fingerprint density at radius 3 is 2.44 bits per heavy atom. The molecule has 1 amide bonds. The van der Waals surface area contributed by atoms with E-state index in [1.807, 2.05) is 6.92 Å². The first-order valence-corrected chi connectivity index (χ1v) is 7.73. The summed E-state index contributed by atoms with van der Waals surface area (Å²) in [6.07, 6.45) is 0. The van der Waals surface area contributed by atoms with Gasteiger partial charge in [-0.3, -0.25) is 10.1 Å². The molecule has 0 unspecified atom stereocenters. The number of carbonyl (C=O) groups is 2. The fourth-order valence-electron chi connectivity index (χ4n) is 1.99. The molecule has 25 heavy (non-hydrogen) atoms. The van der Waals surface area contributed by atoms with Crippen molar-refractivity contribution < 1.29 is 24.5 Å². The molecule has 0 heterocycles. The van der Waals surface area contributed by atoms with Crippen LogP contribution in [-0.4, -0.2) is 33.8 Å². The van der Waals surface area contributed by atoms with E-state index >= 15 is 0 Å². The average Bonchev–Trinajstić information content (AvgIpc) is 2.57. The molecule has 0 atom stereocenters. The molecule has 0 saturated carbocycles. The van der Waals surface area contributed by atoms with Crippen molar-refractivity contribution in [3.63, 3.8) is 0 Å². The lowest BCUT2D eigenvalue weighted by Crippen LogP contribution is -2.34. The molecule has 0 aliphatic rings. The number of hydrogen-bond acceptors (Lipinski definition) is 5. The summed E-state index contributed by atoms with van der Waals surface area (Å²) in [6, 6.07) is 10.4. The number of thiocarbonyl (C=S) groups is 1. The van der Waals surface area contributed by atoms with E-state index < -0.39 is 11.9 Å². The molecule has 2 aromatic carbocycles. The molecule has 8 heteroatoms. The number of phenols is 1. The van der Waals surface area contributed by atoms with Gasteiger partial charge in [0, 0.05) is 11.3 Å². The van der Waals surface area contributed by atoms with E-state index in [0.29, 0.717) is 23.6 Å². The molecule has 130 valence electrons. The number of benzene rings is 2. The summed E-state index contributed by atoms with van der Waals surface area (Å²) in [6.45, 7) is 2.40. The number of carbonyl (C=O) groups excluding carboxylic acids is 1. The quantitative estimate of drug-likeness (QED) is 0.479. The maximum absolute atomic E-state index is 12.1. The van der Waals surface area contributed by atoms with Gasteiger partial charge in [-0.05, 0) is 61.6 Å². The van der Waals surface area contributed by atoms with Crippen LogP contribution in [0.1, 0.15) is 27.6 Å². The Kier molecular flexibility index (Phi) is 5.91. The highest BCUT2D eigenvalue weighted by atomic mass is 32.1. The van der Waals surface area contributed by atoms with Crippen molar-refractivity contribution in [1.29, 1.82) is 0 Å². The molecule has 7 nitrogen and oxygen atoms in total. The molecule has 4 N–H and O–H groups in total. The van der Waals surface area contributed by atoms with Crippen LogP contribution in [0.2, 0.25) is 0 Å². The van der Waals surface area contributed by atoms with Gasteiger partial charge in [0.15, 0.2) is 5.11 Å².